The monoisotopic (exact) mass is 397 g/mol. The first-order chi connectivity index (χ1) is 13.8. The molecule has 0 bridgehead atoms. The van der Waals surface area contributed by atoms with Crippen LogP contribution in [0.4, 0.5) is 5.69 Å². The Labute approximate surface area is 168 Å². The zero-order valence-electron chi connectivity index (χ0n) is 16.6. The molecule has 2 amide bonds. The number of rotatable bonds is 6. The van der Waals surface area contributed by atoms with Crippen molar-refractivity contribution in [2.75, 3.05) is 20.7 Å². The molecular formula is C21H23N3O5. The molecule has 1 fully saturated rings. The number of carbonyl (C=O) groups excluding carboxylic acids is 2. The summed E-state index contributed by atoms with van der Waals surface area (Å²) in [5.41, 5.74) is 0.353. The Bertz CT molecular complexity index is 947. The molecule has 1 saturated heterocycles. The summed E-state index contributed by atoms with van der Waals surface area (Å²) < 4.78 is 5.31. The Morgan fingerprint density at radius 2 is 1.86 bits per heavy atom. The highest BCUT2D eigenvalue weighted by Gasteiger charge is 2.48. The predicted molar refractivity (Wildman–Crippen MR) is 106 cm³/mol. The second kappa shape index (κ2) is 7.90. The van der Waals surface area contributed by atoms with Gasteiger partial charge in [0.2, 0.25) is 11.8 Å². The largest absolute Gasteiger partial charge is 0.496 e. The van der Waals surface area contributed by atoms with Gasteiger partial charge in [-0.25, -0.2) is 0 Å². The van der Waals surface area contributed by atoms with E-state index in [0.717, 1.165) is 5.56 Å². The predicted octanol–water partition coefficient (Wildman–Crippen LogP) is 2.41. The van der Waals surface area contributed by atoms with Crippen LogP contribution in [0.2, 0.25) is 0 Å². The molecule has 1 aliphatic heterocycles. The molecule has 3 rings (SSSR count). The first-order valence-electron chi connectivity index (χ1n) is 9.17. The molecule has 0 spiro atoms. The molecule has 0 radical (unpaired) electrons. The maximum Gasteiger partial charge on any atom is 0.273 e. The minimum Gasteiger partial charge on any atom is -0.496 e. The van der Waals surface area contributed by atoms with E-state index in [-0.39, 0.29) is 30.6 Å². The third-order valence-electron chi connectivity index (χ3n) is 5.28. The first kappa shape index (κ1) is 20.3. The van der Waals surface area contributed by atoms with Gasteiger partial charge in [-0.15, -0.1) is 0 Å². The van der Waals surface area contributed by atoms with Crippen LogP contribution in [0.15, 0.2) is 48.5 Å². The number of piperazine rings is 1. The number of nitro benzene ring substituents is 1. The van der Waals surface area contributed by atoms with Gasteiger partial charge in [0, 0.05) is 25.1 Å². The third kappa shape index (κ3) is 3.91. The molecule has 8 heteroatoms. The number of amides is 2. The van der Waals surface area contributed by atoms with Gasteiger partial charge in [0.15, 0.2) is 0 Å². The Balaban J connectivity index is 1.99. The normalized spacial score (nSPS) is 19.4. The summed E-state index contributed by atoms with van der Waals surface area (Å²) in [6, 6.07) is 13.8. The number of likely N-dealkylation sites (N-methyl/N-ethyl adjacent to an activating group) is 1. The average Bonchev–Trinajstić information content (AvgIpc) is 2.70. The van der Waals surface area contributed by atoms with Crippen molar-refractivity contribution in [1.82, 2.24) is 9.80 Å². The highest BCUT2D eigenvalue weighted by molar-refractivity contribution is 5.97. The van der Waals surface area contributed by atoms with Crippen molar-refractivity contribution in [3.63, 3.8) is 0 Å². The van der Waals surface area contributed by atoms with E-state index in [0.29, 0.717) is 17.7 Å². The SMILES string of the molecule is COc1cc([N+](=O)[O-])ccc1CN1C(=O)CN(C)C(=O)C1(C)Cc1ccccc1. The van der Waals surface area contributed by atoms with Gasteiger partial charge in [0.05, 0.1) is 31.2 Å². The topological polar surface area (TPSA) is 93.0 Å². The van der Waals surface area contributed by atoms with E-state index >= 15 is 0 Å². The smallest absolute Gasteiger partial charge is 0.273 e. The highest BCUT2D eigenvalue weighted by Crippen LogP contribution is 2.32. The van der Waals surface area contributed by atoms with Gasteiger partial charge in [0.1, 0.15) is 11.3 Å². The van der Waals surface area contributed by atoms with E-state index in [4.69, 9.17) is 4.74 Å². The van der Waals surface area contributed by atoms with E-state index in [9.17, 15) is 19.7 Å². The molecule has 1 heterocycles. The van der Waals surface area contributed by atoms with Crippen LogP contribution >= 0.6 is 0 Å². The maximum atomic E-state index is 13.1. The lowest BCUT2D eigenvalue weighted by Crippen LogP contribution is -2.66. The van der Waals surface area contributed by atoms with Gasteiger partial charge in [0.25, 0.3) is 5.69 Å². The van der Waals surface area contributed by atoms with Crippen LogP contribution in [0, 0.1) is 10.1 Å². The molecule has 0 N–H and O–H groups in total. The number of hydrogen-bond acceptors (Lipinski definition) is 5. The average molecular weight is 397 g/mol. The fourth-order valence-corrected chi connectivity index (χ4v) is 3.74. The molecule has 0 aromatic heterocycles. The number of carbonyl (C=O) groups is 2. The lowest BCUT2D eigenvalue weighted by Gasteiger charge is -2.46. The van der Waals surface area contributed by atoms with Crippen molar-refractivity contribution < 1.29 is 19.2 Å². The number of hydrogen-bond donors (Lipinski definition) is 0. The third-order valence-corrected chi connectivity index (χ3v) is 5.28. The zero-order valence-corrected chi connectivity index (χ0v) is 16.6. The van der Waals surface area contributed by atoms with Gasteiger partial charge >= 0.3 is 0 Å². The van der Waals surface area contributed by atoms with E-state index in [1.807, 2.05) is 30.3 Å². The van der Waals surface area contributed by atoms with Crippen LogP contribution in [0.5, 0.6) is 5.75 Å². The maximum absolute atomic E-state index is 13.1. The second-order valence-electron chi connectivity index (χ2n) is 7.33. The number of non-ortho nitro benzene ring substituents is 1. The summed E-state index contributed by atoms with van der Waals surface area (Å²) in [5, 5.41) is 11.0. The fourth-order valence-electron chi connectivity index (χ4n) is 3.74. The molecule has 2 aromatic rings. The standard InChI is InChI=1S/C21H23N3O5/c1-21(12-15-7-5-4-6-8-15)20(26)22(2)14-19(25)23(21)13-16-9-10-17(24(27)28)11-18(16)29-3/h4-11H,12-14H2,1-3H3. The lowest BCUT2D eigenvalue weighted by atomic mass is 9.86. The fraction of sp³-hybridized carbons (Fsp3) is 0.333. The van der Waals surface area contributed by atoms with Gasteiger partial charge in [-0.1, -0.05) is 30.3 Å². The summed E-state index contributed by atoms with van der Waals surface area (Å²) in [6.45, 7) is 1.86. The quantitative estimate of drug-likeness (QED) is 0.551. The summed E-state index contributed by atoms with van der Waals surface area (Å²) in [6.07, 6.45) is 0.359. The first-order valence-corrected chi connectivity index (χ1v) is 9.17. The Morgan fingerprint density at radius 3 is 2.48 bits per heavy atom. The van der Waals surface area contributed by atoms with Gasteiger partial charge in [-0.05, 0) is 18.6 Å². The Kier molecular flexibility index (Phi) is 5.54. The Hall–Kier alpha value is -3.42. The summed E-state index contributed by atoms with van der Waals surface area (Å²) >= 11 is 0. The van der Waals surface area contributed by atoms with Crippen molar-refractivity contribution >= 4 is 17.5 Å². The van der Waals surface area contributed by atoms with Crippen molar-refractivity contribution in [2.24, 2.45) is 0 Å². The summed E-state index contributed by atoms with van der Waals surface area (Å²) in [4.78, 5) is 39.6. The number of nitrogens with zero attached hydrogens (tertiary/aromatic N) is 3. The number of methoxy groups -OCH3 is 1. The minimum absolute atomic E-state index is 0.0154. The molecule has 8 nitrogen and oxygen atoms in total. The van der Waals surface area contributed by atoms with E-state index < -0.39 is 10.5 Å². The molecule has 0 aliphatic carbocycles. The summed E-state index contributed by atoms with van der Waals surface area (Å²) in [5.74, 6) is -0.0341. The van der Waals surface area contributed by atoms with Crippen LogP contribution in [-0.2, 0) is 22.6 Å². The van der Waals surface area contributed by atoms with E-state index in [2.05, 4.69) is 0 Å². The molecule has 1 unspecified atom stereocenters. The van der Waals surface area contributed by atoms with E-state index in [1.54, 1.807) is 24.9 Å². The van der Waals surface area contributed by atoms with Crippen LogP contribution in [0.3, 0.4) is 0 Å². The zero-order chi connectivity index (χ0) is 21.2. The highest BCUT2D eigenvalue weighted by atomic mass is 16.6. The molecule has 0 saturated carbocycles. The Morgan fingerprint density at radius 1 is 1.17 bits per heavy atom. The number of nitro groups is 1. The summed E-state index contributed by atoms with van der Waals surface area (Å²) in [7, 11) is 3.04. The second-order valence-corrected chi connectivity index (χ2v) is 7.33. The molecule has 29 heavy (non-hydrogen) atoms. The lowest BCUT2D eigenvalue weighted by molar-refractivity contribution is -0.384. The van der Waals surface area contributed by atoms with E-state index in [1.165, 1.54) is 24.1 Å². The van der Waals surface area contributed by atoms with Gasteiger partial charge < -0.3 is 14.5 Å². The van der Waals surface area contributed by atoms with Crippen LogP contribution in [-0.4, -0.2) is 52.8 Å². The molecule has 1 aliphatic rings. The van der Waals surface area contributed by atoms with Crippen molar-refractivity contribution in [1.29, 1.82) is 0 Å². The minimum atomic E-state index is -1.09. The van der Waals surface area contributed by atoms with Crippen LogP contribution < -0.4 is 4.74 Å². The van der Waals surface area contributed by atoms with Gasteiger partial charge in [-0.2, -0.15) is 0 Å². The molecule has 152 valence electrons. The van der Waals surface area contributed by atoms with Crippen LogP contribution in [0.1, 0.15) is 18.1 Å². The van der Waals surface area contributed by atoms with Crippen LogP contribution in [0.25, 0.3) is 0 Å². The number of benzene rings is 2. The molecular weight excluding hydrogens is 374 g/mol. The molecule has 2 aromatic carbocycles. The van der Waals surface area contributed by atoms with Gasteiger partial charge in [-0.3, -0.25) is 19.7 Å². The molecule has 1 atom stereocenters. The van der Waals surface area contributed by atoms with Crippen molar-refractivity contribution in [2.45, 2.75) is 25.4 Å². The number of ether oxygens (including phenoxy) is 1. The van der Waals surface area contributed by atoms with Crippen molar-refractivity contribution in [3.05, 3.63) is 69.8 Å². The van der Waals surface area contributed by atoms with Crippen molar-refractivity contribution in [3.8, 4) is 5.75 Å².